The second kappa shape index (κ2) is 6.94. The molecule has 2 rings (SSSR count). The van der Waals surface area contributed by atoms with Crippen LogP contribution in [0, 0.1) is 5.92 Å². The van der Waals surface area contributed by atoms with E-state index in [9.17, 15) is 8.42 Å². The van der Waals surface area contributed by atoms with Crippen LogP contribution in [-0.2, 0) is 10.0 Å². The van der Waals surface area contributed by atoms with Crippen molar-refractivity contribution in [1.82, 2.24) is 9.62 Å². The standard InChI is InChI=1S/C12H18Cl2N2O2S2/c1-2-16(8-9-3-5-15-6-4-9)20(17,18)10-7-11(13)19-12(10)14/h7,9,15H,2-6,8H2,1H3. The summed E-state index contributed by atoms with van der Waals surface area (Å²) in [6.07, 6.45) is 2.01. The van der Waals surface area contributed by atoms with Crippen LogP contribution in [0.5, 0.6) is 0 Å². The second-order valence-electron chi connectivity index (χ2n) is 4.84. The molecule has 0 aromatic carbocycles. The molecule has 0 amide bonds. The molecule has 4 nitrogen and oxygen atoms in total. The number of piperidine rings is 1. The Morgan fingerprint density at radius 2 is 2.05 bits per heavy atom. The zero-order valence-corrected chi connectivity index (χ0v) is 14.4. The molecule has 1 aromatic heterocycles. The molecule has 0 bridgehead atoms. The van der Waals surface area contributed by atoms with Crippen LogP contribution in [0.4, 0.5) is 0 Å². The van der Waals surface area contributed by atoms with Gasteiger partial charge in [-0.3, -0.25) is 0 Å². The lowest BCUT2D eigenvalue weighted by Crippen LogP contribution is -2.39. The van der Waals surface area contributed by atoms with Crippen molar-refractivity contribution in [2.45, 2.75) is 24.7 Å². The molecule has 0 atom stereocenters. The number of thiophene rings is 1. The topological polar surface area (TPSA) is 49.4 Å². The maximum atomic E-state index is 12.6. The van der Waals surface area contributed by atoms with Gasteiger partial charge in [0.25, 0.3) is 0 Å². The zero-order chi connectivity index (χ0) is 14.8. The number of hydrogen-bond acceptors (Lipinski definition) is 4. The van der Waals surface area contributed by atoms with Crippen molar-refractivity contribution in [1.29, 1.82) is 0 Å². The van der Waals surface area contributed by atoms with Gasteiger partial charge < -0.3 is 5.32 Å². The Labute approximate surface area is 134 Å². The molecule has 0 unspecified atom stereocenters. The minimum absolute atomic E-state index is 0.130. The first-order valence-corrected chi connectivity index (χ1v) is 9.62. The van der Waals surface area contributed by atoms with E-state index in [0.717, 1.165) is 37.3 Å². The molecule has 1 N–H and O–H groups in total. The molecule has 1 saturated heterocycles. The summed E-state index contributed by atoms with van der Waals surface area (Å²) in [4.78, 5) is 0.130. The molecule has 1 aliphatic heterocycles. The molecule has 20 heavy (non-hydrogen) atoms. The lowest BCUT2D eigenvalue weighted by Gasteiger charge is -2.28. The van der Waals surface area contributed by atoms with Crippen molar-refractivity contribution in [3.8, 4) is 0 Å². The SMILES string of the molecule is CCN(CC1CCNCC1)S(=O)(=O)c1cc(Cl)sc1Cl. The minimum Gasteiger partial charge on any atom is -0.317 e. The summed E-state index contributed by atoms with van der Waals surface area (Å²) in [5.74, 6) is 0.402. The molecule has 0 aliphatic carbocycles. The van der Waals surface area contributed by atoms with E-state index >= 15 is 0 Å². The fourth-order valence-electron chi connectivity index (χ4n) is 2.39. The van der Waals surface area contributed by atoms with Crippen LogP contribution >= 0.6 is 34.5 Å². The van der Waals surface area contributed by atoms with Gasteiger partial charge in [-0.25, -0.2) is 8.42 Å². The molecular weight excluding hydrogens is 339 g/mol. The van der Waals surface area contributed by atoms with Crippen molar-refractivity contribution < 1.29 is 8.42 Å². The van der Waals surface area contributed by atoms with E-state index < -0.39 is 10.0 Å². The van der Waals surface area contributed by atoms with E-state index in [1.165, 1.54) is 10.4 Å². The van der Waals surface area contributed by atoms with Crippen molar-refractivity contribution in [2.75, 3.05) is 26.2 Å². The highest BCUT2D eigenvalue weighted by Crippen LogP contribution is 2.36. The van der Waals surface area contributed by atoms with Gasteiger partial charge in [0.2, 0.25) is 10.0 Å². The van der Waals surface area contributed by atoms with Crippen LogP contribution in [0.15, 0.2) is 11.0 Å². The van der Waals surface area contributed by atoms with Gasteiger partial charge in [0, 0.05) is 13.1 Å². The number of sulfonamides is 1. The monoisotopic (exact) mass is 356 g/mol. The molecule has 2 heterocycles. The molecule has 1 aliphatic rings. The minimum atomic E-state index is -3.55. The van der Waals surface area contributed by atoms with Crippen LogP contribution in [0.25, 0.3) is 0 Å². The van der Waals surface area contributed by atoms with E-state index in [1.54, 1.807) is 0 Å². The lowest BCUT2D eigenvalue weighted by atomic mass is 9.98. The number of rotatable bonds is 5. The molecule has 0 radical (unpaired) electrons. The molecule has 8 heteroatoms. The smallest absolute Gasteiger partial charge is 0.245 e. The molecule has 0 spiro atoms. The van der Waals surface area contributed by atoms with E-state index in [2.05, 4.69) is 5.32 Å². The van der Waals surface area contributed by atoms with Crippen LogP contribution in [0.2, 0.25) is 8.67 Å². The molecule has 0 saturated carbocycles. The second-order valence-corrected chi connectivity index (χ2v) is 9.03. The fourth-order valence-corrected chi connectivity index (χ4v) is 6.03. The third-order valence-corrected chi connectivity index (χ3v) is 7.21. The van der Waals surface area contributed by atoms with Crippen LogP contribution in [-0.4, -0.2) is 38.9 Å². The zero-order valence-electron chi connectivity index (χ0n) is 11.2. The predicted molar refractivity (Wildman–Crippen MR) is 84.4 cm³/mol. The van der Waals surface area contributed by atoms with Gasteiger partial charge in [-0.2, -0.15) is 4.31 Å². The third kappa shape index (κ3) is 3.67. The Kier molecular flexibility index (Phi) is 5.73. The van der Waals surface area contributed by atoms with Crippen LogP contribution in [0.1, 0.15) is 19.8 Å². The van der Waals surface area contributed by atoms with E-state index in [0.29, 0.717) is 23.3 Å². The first-order chi connectivity index (χ1) is 9.45. The summed E-state index contributed by atoms with van der Waals surface area (Å²) >= 11 is 12.9. The van der Waals surface area contributed by atoms with Gasteiger partial charge in [0.15, 0.2) is 0 Å². The van der Waals surface area contributed by atoms with Gasteiger partial charge in [0.05, 0.1) is 4.34 Å². The quantitative estimate of drug-likeness (QED) is 0.881. The van der Waals surface area contributed by atoms with Crippen molar-refractivity contribution >= 4 is 44.6 Å². The summed E-state index contributed by atoms with van der Waals surface area (Å²) in [5, 5.41) is 3.28. The van der Waals surface area contributed by atoms with Crippen LogP contribution in [0.3, 0.4) is 0 Å². The molecule has 114 valence electrons. The highest BCUT2D eigenvalue weighted by Gasteiger charge is 2.29. The fraction of sp³-hybridized carbons (Fsp3) is 0.667. The predicted octanol–water partition coefficient (Wildman–Crippen LogP) is 3.07. The molecule has 1 fully saturated rings. The third-order valence-electron chi connectivity index (χ3n) is 3.52. The normalized spacial score (nSPS) is 17.8. The molecule has 1 aromatic rings. The van der Waals surface area contributed by atoms with Gasteiger partial charge in [0.1, 0.15) is 9.23 Å². The van der Waals surface area contributed by atoms with Gasteiger partial charge >= 0.3 is 0 Å². The van der Waals surface area contributed by atoms with E-state index in [4.69, 9.17) is 23.2 Å². The summed E-state index contributed by atoms with van der Waals surface area (Å²) in [6, 6.07) is 1.44. The summed E-state index contributed by atoms with van der Waals surface area (Å²) in [6.45, 7) is 4.74. The highest BCUT2D eigenvalue weighted by atomic mass is 35.5. The first-order valence-electron chi connectivity index (χ1n) is 6.61. The molecular formula is C12H18Cl2N2O2S2. The highest BCUT2D eigenvalue weighted by molar-refractivity contribution is 7.89. The van der Waals surface area contributed by atoms with Crippen LogP contribution < -0.4 is 5.32 Å². The van der Waals surface area contributed by atoms with Crippen molar-refractivity contribution in [3.63, 3.8) is 0 Å². The average Bonchev–Trinajstić information content (AvgIpc) is 2.76. The Hall–Kier alpha value is 0.150. The van der Waals surface area contributed by atoms with Gasteiger partial charge in [-0.05, 0) is 37.9 Å². The Bertz CT molecular complexity index is 554. The maximum Gasteiger partial charge on any atom is 0.245 e. The summed E-state index contributed by atoms with van der Waals surface area (Å²) < 4.78 is 27.4. The van der Waals surface area contributed by atoms with Gasteiger partial charge in [-0.15, -0.1) is 11.3 Å². The number of nitrogens with one attached hydrogen (secondary N) is 1. The largest absolute Gasteiger partial charge is 0.317 e. The first kappa shape index (κ1) is 16.5. The summed E-state index contributed by atoms with van der Waals surface area (Å²) in [7, 11) is -3.55. The number of nitrogens with zero attached hydrogens (tertiary/aromatic N) is 1. The number of halogens is 2. The van der Waals surface area contributed by atoms with Gasteiger partial charge in [-0.1, -0.05) is 30.1 Å². The Morgan fingerprint density at radius 3 is 2.55 bits per heavy atom. The van der Waals surface area contributed by atoms with E-state index in [1.807, 2.05) is 6.92 Å². The van der Waals surface area contributed by atoms with Crippen molar-refractivity contribution in [2.24, 2.45) is 5.92 Å². The maximum absolute atomic E-state index is 12.6. The lowest BCUT2D eigenvalue weighted by molar-refractivity contribution is 0.294. The number of hydrogen-bond donors (Lipinski definition) is 1. The van der Waals surface area contributed by atoms with Crippen molar-refractivity contribution in [3.05, 3.63) is 14.7 Å². The Balaban J connectivity index is 2.18. The Morgan fingerprint density at radius 1 is 1.40 bits per heavy atom. The summed E-state index contributed by atoms with van der Waals surface area (Å²) in [5.41, 5.74) is 0. The van der Waals surface area contributed by atoms with E-state index in [-0.39, 0.29) is 9.23 Å². The average molecular weight is 357 g/mol.